The zero-order valence-corrected chi connectivity index (χ0v) is 20.2. The van der Waals surface area contributed by atoms with Gasteiger partial charge in [-0.15, -0.1) is 0 Å². The van der Waals surface area contributed by atoms with Crippen molar-refractivity contribution >= 4 is 29.0 Å². The second-order valence-electron chi connectivity index (χ2n) is 8.66. The molecule has 35 heavy (non-hydrogen) atoms. The summed E-state index contributed by atoms with van der Waals surface area (Å²) < 4.78 is 30.8. The van der Waals surface area contributed by atoms with E-state index in [2.05, 4.69) is 15.0 Å². The summed E-state index contributed by atoms with van der Waals surface area (Å²) in [5.41, 5.74) is 0.847. The molecule has 0 aliphatic carbocycles. The minimum Gasteiger partial charge on any atom is -0.348 e. The van der Waals surface area contributed by atoms with Crippen molar-refractivity contribution in [3.05, 3.63) is 41.3 Å². The molecule has 184 valence electrons. The normalized spacial score (nSPS) is 16.0. The smallest absolute Gasteiger partial charge is 0.236 e. The number of pyridine rings is 1. The van der Waals surface area contributed by atoms with Crippen molar-refractivity contribution in [2.24, 2.45) is 0 Å². The maximum Gasteiger partial charge on any atom is 0.236 e. The average molecular weight is 503 g/mol. The second-order valence-corrected chi connectivity index (χ2v) is 9.02. The summed E-state index contributed by atoms with van der Waals surface area (Å²) in [7, 11) is 3.81. The summed E-state index contributed by atoms with van der Waals surface area (Å²) >= 11 is 6.22. The Morgan fingerprint density at radius 3 is 2.83 bits per heavy atom. The van der Waals surface area contributed by atoms with Crippen LogP contribution in [0.1, 0.15) is 19.3 Å². The molecule has 0 saturated carbocycles. The number of rotatable bonds is 7. The van der Waals surface area contributed by atoms with Gasteiger partial charge in [0, 0.05) is 38.4 Å². The molecule has 0 bridgehead atoms. The van der Waals surface area contributed by atoms with Gasteiger partial charge >= 0.3 is 0 Å². The Morgan fingerprint density at radius 1 is 1.29 bits per heavy atom. The average Bonchev–Trinajstić information content (AvgIpc) is 3.25. The number of piperidine rings is 1. The van der Waals surface area contributed by atoms with Gasteiger partial charge < -0.3 is 14.7 Å². The molecule has 12 heteroatoms. The van der Waals surface area contributed by atoms with Gasteiger partial charge in [0.2, 0.25) is 11.7 Å². The fraction of sp³-hybridized carbons (Fsp3) is 0.435. The van der Waals surface area contributed by atoms with Crippen molar-refractivity contribution in [2.75, 3.05) is 45.2 Å². The van der Waals surface area contributed by atoms with Crippen LogP contribution in [0.15, 0.2) is 24.5 Å². The number of anilines is 1. The SMILES string of the molecule is CN(C)CCN(c1nc(-c2cnc3ccc(F)cn23)nc(Cl)c1F)[C@@H]1CCCN(C(=O)CC#N)C1. The Morgan fingerprint density at radius 2 is 2.09 bits per heavy atom. The van der Waals surface area contributed by atoms with E-state index in [9.17, 15) is 9.18 Å². The van der Waals surface area contributed by atoms with Crippen molar-refractivity contribution in [2.45, 2.75) is 25.3 Å². The molecule has 0 aromatic carbocycles. The minimum atomic E-state index is -0.769. The van der Waals surface area contributed by atoms with Crippen LogP contribution in [0, 0.1) is 23.0 Å². The van der Waals surface area contributed by atoms with Crippen molar-refractivity contribution in [3.8, 4) is 17.6 Å². The van der Waals surface area contributed by atoms with Crippen LogP contribution >= 0.6 is 11.6 Å². The first kappa shape index (κ1) is 24.8. The van der Waals surface area contributed by atoms with E-state index in [1.807, 2.05) is 30.0 Å². The largest absolute Gasteiger partial charge is 0.348 e. The molecule has 0 spiro atoms. The van der Waals surface area contributed by atoms with Gasteiger partial charge in [-0.2, -0.15) is 9.65 Å². The molecule has 0 N–H and O–H groups in total. The van der Waals surface area contributed by atoms with Crippen LogP contribution in [0.5, 0.6) is 0 Å². The Hall–Kier alpha value is -3.36. The van der Waals surface area contributed by atoms with Gasteiger partial charge in [-0.05, 0) is 39.1 Å². The van der Waals surface area contributed by atoms with E-state index in [0.29, 0.717) is 50.4 Å². The van der Waals surface area contributed by atoms with Crippen LogP contribution in [-0.4, -0.2) is 81.4 Å². The third-order valence-electron chi connectivity index (χ3n) is 5.97. The number of likely N-dealkylation sites (N-methyl/N-ethyl adjacent to an activating group) is 1. The predicted octanol–water partition coefficient (Wildman–Crippen LogP) is 3.00. The van der Waals surface area contributed by atoms with Gasteiger partial charge in [-0.1, -0.05) is 11.6 Å². The Kier molecular flexibility index (Phi) is 7.42. The first-order valence-electron chi connectivity index (χ1n) is 11.2. The summed E-state index contributed by atoms with van der Waals surface area (Å²) in [6.45, 7) is 1.90. The number of nitrogens with zero attached hydrogens (tertiary/aromatic N) is 8. The summed E-state index contributed by atoms with van der Waals surface area (Å²) in [5.74, 6) is -1.38. The van der Waals surface area contributed by atoms with E-state index in [1.165, 1.54) is 28.9 Å². The predicted molar refractivity (Wildman–Crippen MR) is 127 cm³/mol. The van der Waals surface area contributed by atoms with Crippen molar-refractivity contribution in [1.29, 1.82) is 5.26 Å². The molecule has 1 saturated heterocycles. The fourth-order valence-electron chi connectivity index (χ4n) is 4.22. The molecule has 0 radical (unpaired) electrons. The van der Waals surface area contributed by atoms with E-state index >= 15 is 4.39 Å². The Bertz CT molecular complexity index is 1270. The van der Waals surface area contributed by atoms with Crippen LogP contribution in [0.4, 0.5) is 14.6 Å². The van der Waals surface area contributed by atoms with Crippen LogP contribution in [0.25, 0.3) is 17.2 Å². The number of imidazole rings is 1. The summed E-state index contributed by atoms with van der Waals surface area (Å²) in [6.07, 6.45) is 3.95. The fourth-order valence-corrected chi connectivity index (χ4v) is 4.38. The van der Waals surface area contributed by atoms with Crippen LogP contribution in [0.3, 0.4) is 0 Å². The maximum atomic E-state index is 15.4. The van der Waals surface area contributed by atoms with Crippen LogP contribution < -0.4 is 4.90 Å². The van der Waals surface area contributed by atoms with E-state index < -0.39 is 11.6 Å². The number of likely N-dealkylation sites (tertiary alicyclic amines) is 1. The molecule has 1 fully saturated rings. The molecule has 3 aromatic heterocycles. The van der Waals surface area contributed by atoms with E-state index in [-0.39, 0.29) is 35.2 Å². The van der Waals surface area contributed by atoms with E-state index in [1.54, 1.807) is 4.90 Å². The van der Waals surface area contributed by atoms with E-state index in [4.69, 9.17) is 16.9 Å². The molecule has 1 atom stereocenters. The summed E-state index contributed by atoms with van der Waals surface area (Å²) in [6, 6.07) is 4.47. The standard InChI is InChI=1S/C23H25ClF2N8O/c1-31(2)10-11-33(16-4-3-9-32(14-16)19(35)7-8-27)23-20(26)21(24)29-22(30-23)17-12-28-18-6-5-15(25)13-34(17)18/h5-6,12-13,16H,3-4,7,9-11,14H2,1-2H3/t16-/m1/s1. The number of halogens is 3. The Balaban J connectivity index is 1.75. The van der Waals surface area contributed by atoms with Gasteiger partial charge in [0.05, 0.1) is 12.3 Å². The first-order chi connectivity index (χ1) is 16.8. The number of nitriles is 1. The number of hydrogen-bond donors (Lipinski definition) is 0. The highest BCUT2D eigenvalue weighted by atomic mass is 35.5. The maximum absolute atomic E-state index is 15.4. The lowest BCUT2D eigenvalue weighted by atomic mass is 10.0. The number of fused-ring (bicyclic) bond motifs is 1. The first-order valence-corrected chi connectivity index (χ1v) is 11.6. The van der Waals surface area contributed by atoms with Crippen LogP contribution in [-0.2, 0) is 4.79 Å². The van der Waals surface area contributed by atoms with Crippen molar-refractivity contribution < 1.29 is 13.6 Å². The summed E-state index contributed by atoms with van der Waals surface area (Å²) in [4.78, 5) is 30.6. The zero-order chi connectivity index (χ0) is 25.1. The topological polar surface area (TPSA) is 93.7 Å². The van der Waals surface area contributed by atoms with Gasteiger partial charge in [0.25, 0.3) is 0 Å². The molecule has 0 unspecified atom stereocenters. The molecule has 3 aromatic rings. The lowest BCUT2D eigenvalue weighted by Crippen LogP contribution is -2.51. The molecule has 1 aliphatic heterocycles. The van der Waals surface area contributed by atoms with Gasteiger partial charge in [-0.3, -0.25) is 9.20 Å². The van der Waals surface area contributed by atoms with Crippen molar-refractivity contribution in [1.82, 2.24) is 29.2 Å². The summed E-state index contributed by atoms with van der Waals surface area (Å²) in [5, 5.41) is 8.56. The number of hydrogen-bond acceptors (Lipinski definition) is 7. The monoisotopic (exact) mass is 502 g/mol. The number of amides is 1. The van der Waals surface area contributed by atoms with Crippen LogP contribution in [0.2, 0.25) is 5.15 Å². The van der Waals surface area contributed by atoms with Gasteiger partial charge in [0.15, 0.2) is 16.8 Å². The minimum absolute atomic E-state index is 0.00721. The molecule has 9 nitrogen and oxygen atoms in total. The lowest BCUT2D eigenvalue weighted by molar-refractivity contribution is -0.131. The van der Waals surface area contributed by atoms with Gasteiger partial charge in [-0.25, -0.2) is 19.3 Å². The third-order valence-corrected chi connectivity index (χ3v) is 6.22. The highest BCUT2D eigenvalue weighted by Crippen LogP contribution is 2.30. The van der Waals surface area contributed by atoms with Gasteiger partial charge in [0.1, 0.15) is 23.6 Å². The number of carbonyl (C=O) groups excluding carboxylic acids is 1. The molecular weight excluding hydrogens is 478 g/mol. The Labute approximate surface area is 206 Å². The number of carbonyl (C=O) groups is 1. The third kappa shape index (κ3) is 5.33. The highest BCUT2D eigenvalue weighted by Gasteiger charge is 2.31. The zero-order valence-electron chi connectivity index (χ0n) is 19.5. The highest BCUT2D eigenvalue weighted by molar-refractivity contribution is 6.29. The molecule has 1 aliphatic rings. The molecule has 4 heterocycles. The van der Waals surface area contributed by atoms with E-state index in [0.717, 1.165) is 0 Å². The molecule has 4 rings (SSSR count). The quantitative estimate of drug-likeness (QED) is 0.458. The lowest BCUT2D eigenvalue weighted by Gasteiger charge is -2.40. The second kappa shape index (κ2) is 10.5. The number of aromatic nitrogens is 4. The molecular formula is C23H25ClF2N8O. The van der Waals surface area contributed by atoms with Crippen molar-refractivity contribution in [3.63, 3.8) is 0 Å². The molecule has 1 amide bonds.